The van der Waals surface area contributed by atoms with Gasteiger partial charge in [0, 0.05) is 38.5 Å². The van der Waals surface area contributed by atoms with Crippen LogP contribution >= 0.6 is 0 Å². The van der Waals surface area contributed by atoms with Gasteiger partial charge in [0.2, 0.25) is 5.91 Å². The van der Waals surface area contributed by atoms with Gasteiger partial charge >= 0.3 is 0 Å². The van der Waals surface area contributed by atoms with E-state index in [0.717, 1.165) is 32.8 Å². The van der Waals surface area contributed by atoms with E-state index in [9.17, 15) is 9.59 Å². The van der Waals surface area contributed by atoms with Crippen molar-refractivity contribution in [2.45, 2.75) is 25.8 Å². The average molecular weight is 344 g/mol. The molecule has 134 valence electrons. The van der Waals surface area contributed by atoms with Crippen LogP contribution in [0.25, 0.3) is 10.9 Å². The number of carbonyl (C=O) groups excluding carboxylic acids is 1. The Kier molecular flexibility index (Phi) is 5.78. The number of nitrogens with zero attached hydrogens (tertiary/aromatic N) is 2. The lowest BCUT2D eigenvalue weighted by Crippen LogP contribution is -2.46. The molecule has 1 aromatic carbocycles. The summed E-state index contributed by atoms with van der Waals surface area (Å²) in [4.78, 5) is 33.6. The minimum atomic E-state index is -0.165. The molecule has 7 nitrogen and oxygen atoms in total. The zero-order chi connectivity index (χ0) is 17.6. The Labute approximate surface area is 146 Å². The fraction of sp³-hybridized carbons (Fsp3) is 0.500. The SMILES string of the molecule is C[C@H](CN1CCOCC1)NC(=O)CCc1nc2ccccc2c(=O)[nH]1. The lowest BCUT2D eigenvalue weighted by molar-refractivity contribution is -0.121. The molecule has 1 fully saturated rings. The Morgan fingerprint density at radius 2 is 2.12 bits per heavy atom. The number of morpholine rings is 1. The Hall–Kier alpha value is -2.25. The molecule has 2 heterocycles. The van der Waals surface area contributed by atoms with E-state index in [1.165, 1.54) is 0 Å². The van der Waals surface area contributed by atoms with E-state index in [2.05, 4.69) is 20.2 Å². The van der Waals surface area contributed by atoms with Gasteiger partial charge in [0.1, 0.15) is 5.82 Å². The van der Waals surface area contributed by atoms with Crippen molar-refractivity contribution in [1.82, 2.24) is 20.2 Å². The van der Waals surface area contributed by atoms with E-state index in [0.29, 0.717) is 29.6 Å². The molecular weight excluding hydrogens is 320 g/mol. The summed E-state index contributed by atoms with van der Waals surface area (Å²) in [5.41, 5.74) is 0.490. The second-order valence-electron chi connectivity index (χ2n) is 6.41. The van der Waals surface area contributed by atoms with Crippen LogP contribution in [0.2, 0.25) is 0 Å². The number of ether oxygens (including phenoxy) is 1. The van der Waals surface area contributed by atoms with Crippen LogP contribution in [0.1, 0.15) is 19.2 Å². The number of hydrogen-bond donors (Lipinski definition) is 2. The van der Waals surface area contributed by atoms with Gasteiger partial charge in [0.05, 0.1) is 24.1 Å². The molecule has 1 aromatic heterocycles. The molecular formula is C18H24N4O3. The molecule has 1 atom stereocenters. The quantitative estimate of drug-likeness (QED) is 0.805. The molecule has 1 saturated heterocycles. The number of amides is 1. The zero-order valence-electron chi connectivity index (χ0n) is 14.5. The zero-order valence-corrected chi connectivity index (χ0v) is 14.5. The number of benzene rings is 1. The van der Waals surface area contributed by atoms with Crippen LogP contribution in [-0.2, 0) is 16.0 Å². The number of H-pyrrole nitrogens is 1. The van der Waals surface area contributed by atoms with Crippen LogP contribution in [0.3, 0.4) is 0 Å². The summed E-state index contributed by atoms with van der Waals surface area (Å²) < 4.78 is 5.33. The molecule has 0 bridgehead atoms. The Bertz CT molecular complexity index is 783. The maximum absolute atomic E-state index is 12.1. The number of aryl methyl sites for hydroxylation is 1. The molecule has 1 amide bonds. The Morgan fingerprint density at radius 3 is 2.92 bits per heavy atom. The van der Waals surface area contributed by atoms with Crippen molar-refractivity contribution < 1.29 is 9.53 Å². The maximum Gasteiger partial charge on any atom is 0.258 e. The first-order chi connectivity index (χ1) is 12.1. The van der Waals surface area contributed by atoms with Gasteiger partial charge in [-0.25, -0.2) is 4.98 Å². The topological polar surface area (TPSA) is 87.3 Å². The van der Waals surface area contributed by atoms with Crippen molar-refractivity contribution in [3.63, 3.8) is 0 Å². The number of aromatic amines is 1. The summed E-state index contributed by atoms with van der Waals surface area (Å²) in [5.74, 6) is 0.510. The molecule has 7 heteroatoms. The highest BCUT2D eigenvalue weighted by atomic mass is 16.5. The third kappa shape index (κ3) is 4.87. The lowest BCUT2D eigenvalue weighted by Gasteiger charge is -2.29. The van der Waals surface area contributed by atoms with E-state index in [1.807, 2.05) is 19.1 Å². The number of fused-ring (bicyclic) bond motifs is 1. The minimum Gasteiger partial charge on any atom is -0.379 e. The monoisotopic (exact) mass is 344 g/mol. The molecule has 3 rings (SSSR count). The molecule has 2 N–H and O–H groups in total. The highest BCUT2D eigenvalue weighted by Crippen LogP contribution is 2.06. The maximum atomic E-state index is 12.1. The highest BCUT2D eigenvalue weighted by Gasteiger charge is 2.15. The summed E-state index contributed by atoms with van der Waals surface area (Å²) in [6.07, 6.45) is 0.713. The van der Waals surface area contributed by atoms with Gasteiger partial charge in [0.15, 0.2) is 0 Å². The fourth-order valence-electron chi connectivity index (χ4n) is 3.05. The van der Waals surface area contributed by atoms with E-state index in [1.54, 1.807) is 12.1 Å². The summed E-state index contributed by atoms with van der Waals surface area (Å²) in [7, 11) is 0. The van der Waals surface area contributed by atoms with Gasteiger partial charge in [-0.2, -0.15) is 0 Å². The van der Waals surface area contributed by atoms with E-state index in [-0.39, 0.29) is 17.5 Å². The fourth-order valence-corrected chi connectivity index (χ4v) is 3.05. The molecule has 0 radical (unpaired) electrons. The van der Waals surface area contributed by atoms with Crippen LogP contribution in [0.5, 0.6) is 0 Å². The number of para-hydroxylation sites is 1. The molecule has 25 heavy (non-hydrogen) atoms. The van der Waals surface area contributed by atoms with Crippen LogP contribution in [0, 0.1) is 0 Å². The van der Waals surface area contributed by atoms with Crippen LogP contribution in [0.15, 0.2) is 29.1 Å². The van der Waals surface area contributed by atoms with Crippen molar-refractivity contribution in [3.8, 4) is 0 Å². The molecule has 0 aliphatic carbocycles. The third-order valence-corrected chi connectivity index (χ3v) is 4.29. The van der Waals surface area contributed by atoms with E-state index < -0.39 is 0 Å². The molecule has 2 aromatic rings. The summed E-state index contributed by atoms with van der Waals surface area (Å²) >= 11 is 0. The highest BCUT2D eigenvalue weighted by molar-refractivity contribution is 5.78. The smallest absolute Gasteiger partial charge is 0.258 e. The predicted octanol–water partition coefficient (Wildman–Crippen LogP) is 0.693. The number of carbonyl (C=O) groups is 1. The van der Waals surface area contributed by atoms with Gasteiger partial charge in [-0.1, -0.05) is 12.1 Å². The molecule has 1 aliphatic rings. The van der Waals surface area contributed by atoms with Gasteiger partial charge < -0.3 is 15.0 Å². The molecule has 0 saturated carbocycles. The Morgan fingerprint density at radius 1 is 1.36 bits per heavy atom. The standard InChI is InChI=1S/C18H24N4O3/c1-13(12-22-8-10-25-11-9-22)19-17(23)7-6-16-20-15-5-3-2-4-14(15)18(24)21-16/h2-5,13H,6-12H2,1H3,(H,19,23)(H,20,21,24)/t13-/m1/s1. The lowest BCUT2D eigenvalue weighted by atomic mass is 10.2. The number of aromatic nitrogens is 2. The largest absolute Gasteiger partial charge is 0.379 e. The van der Waals surface area contributed by atoms with Crippen molar-refractivity contribution in [3.05, 3.63) is 40.4 Å². The summed E-state index contributed by atoms with van der Waals surface area (Å²) in [5, 5.41) is 3.57. The van der Waals surface area contributed by atoms with E-state index in [4.69, 9.17) is 4.74 Å². The van der Waals surface area contributed by atoms with Gasteiger partial charge in [-0.05, 0) is 19.1 Å². The number of hydrogen-bond acceptors (Lipinski definition) is 5. The number of rotatable bonds is 6. The second kappa shape index (κ2) is 8.22. The first-order valence-electron chi connectivity index (χ1n) is 8.69. The average Bonchev–Trinajstić information content (AvgIpc) is 2.61. The second-order valence-corrected chi connectivity index (χ2v) is 6.41. The van der Waals surface area contributed by atoms with E-state index >= 15 is 0 Å². The Balaban J connectivity index is 1.51. The summed E-state index contributed by atoms with van der Waals surface area (Å²) in [6, 6.07) is 7.28. The third-order valence-electron chi connectivity index (χ3n) is 4.29. The normalized spacial score (nSPS) is 16.7. The van der Waals surface area contributed by atoms with Gasteiger partial charge in [-0.3, -0.25) is 14.5 Å². The van der Waals surface area contributed by atoms with Crippen molar-refractivity contribution in [2.24, 2.45) is 0 Å². The minimum absolute atomic E-state index is 0.0310. The van der Waals surface area contributed by atoms with Crippen molar-refractivity contribution in [2.75, 3.05) is 32.8 Å². The molecule has 0 unspecified atom stereocenters. The first kappa shape index (κ1) is 17.6. The molecule has 1 aliphatic heterocycles. The predicted molar refractivity (Wildman–Crippen MR) is 95.5 cm³/mol. The van der Waals surface area contributed by atoms with Crippen LogP contribution in [0.4, 0.5) is 0 Å². The van der Waals surface area contributed by atoms with Gasteiger partial charge in [-0.15, -0.1) is 0 Å². The van der Waals surface area contributed by atoms with Crippen LogP contribution in [-0.4, -0.2) is 59.7 Å². The van der Waals surface area contributed by atoms with Crippen LogP contribution < -0.4 is 10.9 Å². The van der Waals surface area contributed by atoms with Gasteiger partial charge in [0.25, 0.3) is 5.56 Å². The molecule has 0 spiro atoms. The first-order valence-corrected chi connectivity index (χ1v) is 8.69. The number of nitrogens with one attached hydrogen (secondary N) is 2. The van der Waals surface area contributed by atoms with Crippen molar-refractivity contribution >= 4 is 16.8 Å². The summed E-state index contributed by atoms with van der Waals surface area (Å²) in [6.45, 7) is 6.14. The van der Waals surface area contributed by atoms with Crippen molar-refractivity contribution in [1.29, 1.82) is 0 Å².